The maximum atomic E-state index is 12.9. The van der Waals surface area contributed by atoms with E-state index in [1.54, 1.807) is 16.8 Å². The highest BCUT2D eigenvalue weighted by Crippen LogP contribution is 2.28. The highest BCUT2D eigenvalue weighted by molar-refractivity contribution is 7.07. The Balaban J connectivity index is 0.00000131. The number of hydrogen-bond acceptors (Lipinski definition) is 5. The van der Waals surface area contributed by atoms with Crippen LogP contribution in [-0.2, 0) is 6.61 Å². The van der Waals surface area contributed by atoms with Crippen LogP contribution in [-0.4, -0.2) is 42.0 Å². The number of rotatable bonds is 4. The number of ether oxygens (including phenoxy) is 1. The van der Waals surface area contributed by atoms with E-state index in [-0.39, 0.29) is 30.7 Å². The fourth-order valence-electron chi connectivity index (χ4n) is 3.79. The minimum Gasteiger partial charge on any atom is -0.487 e. The molecule has 0 radical (unpaired) electrons. The van der Waals surface area contributed by atoms with E-state index in [1.165, 1.54) is 0 Å². The van der Waals surface area contributed by atoms with Gasteiger partial charge in [-0.15, -0.1) is 36.2 Å². The van der Waals surface area contributed by atoms with Crippen molar-refractivity contribution in [1.29, 1.82) is 0 Å². The molecule has 2 aliphatic rings. The monoisotopic (exact) mass is 429 g/mol. The molecule has 2 saturated heterocycles. The second-order valence-corrected chi connectivity index (χ2v) is 7.56. The van der Waals surface area contributed by atoms with Gasteiger partial charge < -0.3 is 15.0 Å². The first-order valence-electron chi connectivity index (χ1n) is 8.89. The zero-order valence-electron chi connectivity index (χ0n) is 15.0. The van der Waals surface area contributed by atoms with Crippen LogP contribution in [0.5, 0.6) is 5.75 Å². The van der Waals surface area contributed by atoms with Gasteiger partial charge in [0, 0.05) is 24.0 Å². The molecular formula is C19H25Cl2N3O2S. The normalized spacial score (nSPS) is 21.4. The number of thiazole rings is 1. The number of benzene rings is 1. The van der Waals surface area contributed by atoms with Crippen molar-refractivity contribution < 1.29 is 9.53 Å². The summed E-state index contributed by atoms with van der Waals surface area (Å²) in [6, 6.07) is 7.51. The van der Waals surface area contributed by atoms with Crippen molar-refractivity contribution in [2.45, 2.75) is 19.4 Å². The van der Waals surface area contributed by atoms with Crippen LogP contribution in [0.2, 0.25) is 0 Å². The molecule has 4 rings (SSSR count). The van der Waals surface area contributed by atoms with Gasteiger partial charge in [-0.1, -0.05) is 6.07 Å². The smallest absolute Gasteiger partial charge is 0.253 e. The van der Waals surface area contributed by atoms with E-state index in [4.69, 9.17) is 4.74 Å². The number of carbonyl (C=O) groups is 1. The number of likely N-dealkylation sites (tertiary alicyclic amines) is 1. The zero-order chi connectivity index (χ0) is 17.1. The van der Waals surface area contributed by atoms with E-state index < -0.39 is 0 Å². The summed E-state index contributed by atoms with van der Waals surface area (Å²) in [4.78, 5) is 19.1. The number of amides is 1. The number of hydrogen-bond donors (Lipinski definition) is 1. The van der Waals surface area contributed by atoms with Crippen molar-refractivity contribution in [3.63, 3.8) is 0 Å². The first-order valence-corrected chi connectivity index (χ1v) is 9.84. The van der Waals surface area contributed by atoms with E-state index in [0.717, 1.165) is 62.3 Å². The first kappa shape index (κ1) is 22.0. The van der Waals surface area contributed by atoms with Gasteiger partial charge in [-0.3, -0.25) is 4.79 Å². The lowest BCUT2D eigenvalue weighted by atomic mass is 9.92. The summed E-state index contributed by atoms with van der Waals surface area (Å²) in [5, 5.41) is 5.45. The summed E-state index contributed by atoms with van der Waals surface area (Å²) in [6.45, 7) is 4.34. The minimum atomic E-state index is 0. The van der Waals surface area contributed by atoms with Crippen LogP contribution < -0.4 is 10.1 Å². The Kier molecular flexibility index (Phi) is 8.35. The molecule has 0 bridgehead atoms. The largest absolute Gasteiger partial charge is 0.487 e. The molecule has 2 atom stereocenters. The lowest BCUT2D eigenvalue weighted by Gasteiger charge is -2.21. The Hall–Kier alpha value is -1.34. The Morgan fingerprint density at radius 3 is 2.63 bits per heavy atom. The fraction of sp³-hybridized carbons (Fsp3) is 0.474. The zero-order valence-corrected chi connectivity index (χ0v) is 17.5. The molecule has 3 heterocycles. The number of nitrogens with zero attached hydrogens (tertiary/aromatic N) is 2. The number of halogens is 2. The number of nitrogens with one attached hydrogen (secondary N) is 1. The van der Waals surface area contributed by atoms with Gasteiger partial charge in [0.05, 0.1) is 11.2 Å². The van der Waals surface area contributed by atoms with Crippen molar-refractivity contribution in [3.8, 4) is 5.75 Å². The number of carbonyl (C=O) groups excluding carboxylic acids is 1. The molecule has 2 aliphatic heterocycles. The third kappa shape index (κ3) is 5.35. The third-order valence-electron chi connectivity index (χ3n) is 5.26. The summed E-state index contributed by atoms with van der Waals surface area (Å²) in [6.07, 6.45) is 2.20. The third-order valence-corrected chi connectivity index (χ3v) is 5.89. The fourth-order valence-corrected chi connectivity index (χ4v) is 4.33. The maximum Gasteiger partial charge on any atom is 0.253 e. The van der Waals surface area contributed by atoms with Crippen molar-refractivity contribution in [3.05, 3.63) is 46.4 Å². The predicted molar refractivity (Wildman–Crippen MR) is 112 cm³/mol. The van der Waals surface area contributed by atoms with Crippen LogP contribution in [0.1, 0.15) is 28.9 Å². The molecule has 1 aromatic heterocycles. The molecule has 5 nitrogen and oxygen atoms in total. The second kappa shape index (κ2) is 10.3. The van der Waals surface area contributed by atoms with Gasteiger partial charge in [-0.25, -0.2) is 4.98 Å². The van der Waals surface area contributed by atoms with Crippen LogP contribution in [0.15, 0.2) is 35.2 Å². The molecular weight excluding hydrogens is 405 g/mol. The molecule has 1 N–H and O–H groups in total. The summed E-state index contributed by atoms with van der Waals surface area (Å²) in [5.74, 6) is 2.29. The summed E-state index contributed by atoms with van der Waals surface area (Å²) < 4.78 is 5.78. The Morgan fingerprint density at radius 2 is 1.96 bits per heavy atom. The molecule has 0 saturated carbocycles. The van der Waals surface area contributed by atoms with Gasteiger partial charge in [-0.2, -0.15) is 0 Å². The average molecular weight is 430 g/mol. The molecule has 2 fully saturated rings. The van der Waals surface area contributed by atoms with Crippen LogP contribution in [0, 0.1) is 11.8 Å². The molecule has 0 aliphatic carbocycles. The molecule has 1 aromatic carbocycles. The Morgan fingerprint density at radius 1 is 1.22 bits per heavy atom. The second-order valence-electron chi connectivity index (χ2n) is 6.84. The Labute approximate surface area is 176 Å². The minimum absolute atomic E-state index is 0. The molecule has 27 heavy (non-hydrogen) atoms. The standard InChI is InChI=1S/C19H23N3O2S.2ClH/c23-19(22-6-4-15-9-20-10-16(15)5-7-22)14-2-1-3-18(8-14)24-11-17-12-25-13-21-17;;/h1-3,8,12-13,15-16,20H,4-7,9-11H2;2*1H/t15-,16+;;. The molecule has 8 heteroatoms. The van der Waals surface area contributed by atoms with Crippen LogP contribution in [0.3, 0.4) is 0 Å². The van der Waals surface area contributed by atoms with E-state index in [1.807, 2.05) is 34.5 Å². The molecule has 2 aromatic rings. The lowest BCUT2D eigenvalue weighted by molar-refractivity contribution is 0.0758. The van der Waals surface area contributed by atoms with Gasteiger partial charge in [0.25, 0.3) is 5.91 Å². The van der Waals surface area contributed by atoms with Crippen molar-refractivity contribution in [1.82, 2.24) is 15.2 Å². The predicted octanol–water partition coefficient (Wildman–Crippen LogP) is 3.64. The van der Waals surface area contributed by atoms with Crippen molar-refractivity contribution in [2.75, 3.05) is 26.2 Å². The highest BCUT2D eigenvalue weighted by atomic mass is 35.5. The summed E-state index contributed by atoms with van der Waals surface area (Å²) in [7, 11) is 0. The highest BCUT2D eigenvalue weighted by Gasteiger charge is 2.31. The van der Waals surface area contributed by atoms with E-state index in [2.05, 4.69) is 10.3 Å². The SMILES string of the molecule is Cl.Cl.O=C(c1cccc(OCc2cscn2)c1)N1CC[C@@H]2CNC[C@@H]2CC1. The number of fused-ring (bicyclic) bond motifs is 1. The quantitative estimate of drug-likeness (QED) is 0.805. The van der Waals surface area contributed by atoms with Gasteiger partial charge in [0.2, 0.25) is 0 Å². The van der Waals surface area contributed by atoms with E-state index in [0.29, 0.717) is 12.2 Å². The molecule has 0 unspecified atom stereocenters. The van der Waals surface area contributed by atoms with Crippen LogP contribution in [0.4, 0.5) is 0 Å². The first-order chi connectivity index (χ1) is 12.3. The van der Waals surface area contributed by atoms with Gasteiger partial charge in [-0.05, 0) is 56.0 Å². The average Bonchev–Trinajstić information content (AvgIpc) is 3.28. The van der Waals surface area contributed by atoms with Gasteiger partial charge in [0.15, 0.2) is 0 Å². The molecule has 0 spiro atoms. The van der Waals surface area contributed by atoms with Crippen molar-refractivity contribution >= 4 is 42.1 Å². The van der Waals surface area contributed by atoms with Crippen molar-refractivity contribution in [2.24, 2.45) is 11.8 Å². The number of aromatic nitrogens is 1. The summed E-state index contributed by atoms with van der Waals surface area (Å²) >= 11 is 1.55. The summed E-state index contributed by atoms with van der Waals surface area (Å²) in [5.41, 5.74) is 3.42. The van der Waals surface area contributed by atoms with E-state index in [9.17, 15) is 4.79 Å². The van der Waals surface area contributed by atoms with Gasteiger partial charge in [0.1, 0.15) is 12.4 Å². The lowest BCUT2D eigenvalue weighted by Crippen LogP contribution is -2.32. The Bertz CT molecular complexity index is 716. The van der Waals surface area contributed by atoms with Crippen LogP contribution >= 0.6 is 36.2 Å². The molecule has 1 amide bonds. The molecule has 148 valence electrons. The van der Waals surface area contributed by atoms with Crippen LogP contribution in [0.25, 0.3) is 0 Å². The van der Waals surface area contributed by atoms with Gasteiger partial charge >= 0.3 is 0 Å². The maximum absolute atomic E-state index is 12.9. The topological polar surface area (TPSA) is 54.5 Å². The van der Waals surface area contributed by atoms with E-state index >= 15 is 0 Å².